The van der Waals surface area contributed by atoms with Gasteiger partial charge in [-0.15, -0.1) is 0 Å². The lowest BCUT2D eigenvalue weighted by atomic mass is 9.33. The summed E-state index contributed by atoms with van der Waals surface area (Å²) < 4.78 is 0. The standard InChI is InChI=1S/C78H80BN3/c1-75(2,3)59-27-13-50(14-28-59)52-21-35-63(36-22-52)81-69-39-25-56(54-17-31-61(32-18-54)77(7,8)9)45-67(69)79-68-46-57(55-19-33-62(34-20-55)78(10,11)12)26-40-70(68)82(64-37-23-53(24-38-64)51-15-29-60(30-16-51)76(4,5)6)73-48-66(47-72(81)74(73)79)80-65-42-49-41-58(44-65)71(80)43-49/h13-40,45-49,58,65,71H,41-44H2,1-12H3. The van der Waals surface area contributed by atoms with E-state index in [1.807, 2.05) is 0 Å². The van der Waals surface area contributed by atoms with Gasteiger partial charge in [0.1, 0.15) is 0 Å². The van der Waals surface area contributed by atoms with Crippen molar-refractivity contribution in [3.8, 4) is 44.5 Å². The lowest BCUT2D eigenvalue weighted by molar-refractivity contribution is 0.340. The Kier molecular flexibility index (Phi) is 12.2. The van der Waals surface area contributed by atoms with Crippen LogP contribution in [0.1, 0.15) is 131 Å². The molecule has 4 atom stereocenters. The predicted octanol–water partition coefficient (Wildman–Crippen LogP) is 19.0. The zero-order valence-corrected chi connectivity index (χ0v) is 50.5. The Balaban J connectivity index is 1.00. The van der Waals surface area contributed by atoms with Gasteiger partial charge in [-0.05, 0) is 191 Å². The van der Waals surface area contributed by atoms with Gasteiger partial charge in [0, 0.05) is 51.9 Å². The minimum atomic E-state index is -0.0498. The third kappa shape index (κ3) is 9.02. The van der Waals surface area contributed by atoms with Crippen LogP contribution >= 0.6 is 0 Å². The SMILES string of the molecule is CC(C)(C)c1ccc(-c2ccc(N3c4ccc(-c5ccc(C(C)(C)C)cc5)cc4B4c5cc(-c6ccc(C(C)(C)C)cc6)ccc5N(c5ccc(-c6ccc(C(C)(C)C)cc6)cc5)c5cc(N6C7CC8CC(C7)C6C8)cc3c54)cc2)cc1. The van der Waals surface area contributed by atoms with Crippen LogP contribution in [0.2, 0.25) is 0 Å². The third-order valence-corrected chi connectivity index (χ3v) is 19.6. The van der Waals surface area contributed by atoms with Crippen molar-refractivity contribution >= 4 is 62.9 Å². The van der Waals surface area contributed by atoms with E-state index in [1.165, 1.54) is 149 Å². The summed E-state index contributed by atoms with van der Waals surface area (Å²) in [5.41, 5.74) is 28.4. The van der Waals surface area contributed by atoms with Gasteiger partial charge in [0.05, 0.1) is 0 Å². The average molecular weight is 1070 g/mol. The molecular weight excluding hydrogens is 990 g/mol. The van der Waals surface area contributed by atoms with Crippen molar-refractivity contribution in [1.82, 2.24) is 0 Å². The largest absolute Gasteiger partial charge is 0.365 e. The fraction of sp³-hybridized carbons (Fsp3) is 0.308. The molecule has 4 fully saturated rings. The van der Waals surface area contributed by atoms with Crippen molar-refractivity contribution in [3.63, 3.8) is 0 Å². The first-order valence-electron chi connectivity index (χ1n) is 30.6. The number of piperidine rings is 1. The van der Waals surface area contributed by atoms with Crippen LogP contribution < -0.4 is 31.1 Å². The highest BCUT2D eigenvalue weighted by Crippen LogP contribution is 2.56. The number of anilines is 7. The van der Waals surface area contributed by atoms with E-state index < -0.39 is 0 Å². The molecule has 2 saturated carbocycles. The summed E-state index contributed by atoms with van der Waals surface area (Å²) in [5.74, 6) is 1.64. The first kappa shape index (κ1) is 52.5. The van der Waals surface area contributed by atoms with E-state index in [0.29, 0.717) is 12.1 Å². The van der Waals surface area contributed by atoms with Crippen LogP contribution in [0.15, 0.2) is 194 Å². The van der Waals surface area contributed by atoms with E-state index in [1.54, 1.807) is 0 Å². The summed E-state index contributed by atoms with van der Waals surface area (Å²) >= 11 is 0. The number of rotatable bonds is 7. The predicted molar refractivity (Wildman–Crippen MR) is 353 cm³/mol. The van der Waals surface area contributed by atoms with Gasteiger partial charge in [-0.2, -0.15) is 0 Å². The molecule has 2 aliphatic carbocycles. The first-order chi connectivity index (χ1) is 39.1. The molecule has 0 radical (unpaired) electrons. The van der Waals surface area contributed by atoms with Gasteiger partial charge in [0.2, 0.25) is 0 Å². The van der Waals surface area contributed by atoms with Gasteiger partial charge >= 0.3 is 0 Å². The van der Waals surface area contributed by atoms with Crippen molar-refractivity contribution in [2.45, 2.75) is 143 Å². The Morgan fingerprint density at radius 1 is 0.317 bits per heavy atom. The zero-order chi connectivity index (χ0) is 56.8. The summed E-state index contributed by atoms with van der Waals surface area (Å²) in [5, 5.41) is 0. The molecule has 15 rings (SSSR count). The molecule has 0 N–H and O–H groups in total. The molecule has 4 heteroatoms. The van der Waals surface area contributed by atoms with E-state index in [-0.39, 0.29) is 28.4 Å². The van der Waals surface area contributed by atoms with Gasteiger partial charge in [-0.1, -0.05) is 229 Å². The topological polar surface area (TPSA) is 9.72 Å². The Morgan fingerprint density at radius 3 is 0.988 bits per heavy atom. The van der Waals surface area contributed by atoms with E-state index in [0.717, 1.165) is 11.8 Å². The zero-order valence-electron chi connectivity index (χ0n) is 50.5. The molecule has 82 heavy (non-hydrogen) atoms. The number of fused-ring (bicyclic) bond motifs is 4. The van der Waals surface area contributed by atoms with Gasteiger partial charge in [0.15, 0.2) is 0 Å². The van der Waals surface area contributed by atoms with Crippen LogP contribution in [0.25, 0.3) is 44.5 Å². The third-order valence-electron chi connectivity index (χ3n) is 19.6. The van der Waals surface area contributed by atoms with E-state index in [4.69, 9.17) is 0 Å². The van der Waals surface area contributed by atoms with Crippen LogP contribution in [-0.4, -0.2) is 18.8 Å². The van der Waals surface area contributed by atoms with Crippen LogP contribution in [0.5, 0.6) is 0 Å². The molecular formula is C78H80BN3. The fourth-order valence-corrected chi connectivity index (χ4v) is 15.0. The molecule has 4 unspecified atom stereocenters. The molecule has 2 saturated heterocycles. The molecule has 4 heterocycles. The van der Waals surface area contributed by atoms with Crippen molar-refractivity contribution in [2.75, 3.05) is 14.7 Å². The van der Waals surface area contributed by atoms with Crippen molar-refractivity contribution in [3.05, 3.63) is 216 Å². The maximum atomic E-state index is 2.91. The molecule has 410 valence electrons. The smallest absolute Gasteiger partial charge is 0.252 e. The maximum Gasteiger partial charge on any atom is 0.252 e. The lowest BCUT2D eigenvalue weighted by Gasteiger charge is -2.46. The second-order valence-corrected chi connectivity index (χ2v) is 29.1. The summed E-state index contributed by atoms with van der Waals surface area (Å²) in [6.45, 7) is 27.5. The number of hydrogen-bond acceptors (Lipinski definition) is 3. The molecule has 9 aromatic carbocycles. The van der Waals surface area contributed by atoms with Crippen molar-refractivity contribution in [2.24, 2.45) is 11.8 Å². The highest BCUT2D eigenvalue weighted by molar-refractivity contribution is 7.00. The summed E-state index contributed by atoms with van der Waals surface area (Å²) in [7, 11) is 0. The molecule has 0 spiro atoms. The van der Waals surface area contributed by atoms with E-state index in [2.05, 4.69) is 292 Å². The van der Waals surface area contributed by atoms with Crippen LogP contribution in [0, 0.1) is 11.8 Å². The van der Waals surface area contributed by atoms with Crippen LogP contribution in [0.3, 0.4) is 0 Å². The highest BCUT2D eigenvalue weighted by atomic mass is 15.3. The molecule has 3 nitrogen and oxygen atoms in total. The van der Waals surface area contributed by atoms with Gasteiger partial charge < -0.3 is 14.7 Å². The minimum Gasteiger partial charge on any atom is -0.365 e. The maximum absolute atomic E-state index is 2.91. The van der Waals surface area contributed by atoms with Crippen LogP contribution in [0.4, 0.5) is 39.8 Å². The Hall–Kier alpha value is -7.56. The van der Waals surface area contributed by atoms with Crippen molar-refractivity contribution < 1.29 is 0 Å². The Morgan fingerprint density at radius 2 is 0.646 bits per heavy atom. The Labute approximate surface area is 490 Å². The number of nitrogens with zero attached hydrogens (tertiary/aromatic N) is 3. The Bertz CT molecular complexity index is 3660. The molecule has 9 aromatic rings. The van der Waals surface area contributed by atoms with E-state index >= 15 is 0 Å². The summed E-state index contributed by atoms with van der Waals surface area (Å²) in [4.78, 5) is 8.19. The second-order valence-electron chi connectivity index (χ2n) is 29.1. The molecule has 0 amide bonds. The average Bonchev–Trinajstić information content (AvgIpc) is 1.20. The second kappa shape index (κ2) is 19.0. The molecule has 4 aliphatic heterocycles. The molecule has 6 aliphatic rings. The fourth-order valence-electron chi connectivity index (χ4n) is 15.0. The van der Waals surface area contributed by atoms with E-state index in [9.17, 15) is 0 Å². The molecule has 0 aromatic heterocycles. The lowest BCUT2D eigenvalue weighted by Crippen LogP contribution is -2.61. The monoisotopic (exact) mass is 1070 g/mol. The quantitative estimate of drug-likeness (QED) is 0.147. The van der Waals surface area contributed by atoms with Crippen LogP contribution in [-0.2, 0) is 21.7 Å². The van der Waals surface area contributed by atoms with Gasteiger partial charge in [-0.25, -0.2) is 0 Å². The number of hydrogen-bond donors (Lipinski definition) is 0. The minimum absolute atomic E-state index is 0.0498. The molecule has 4 bridgehead atoms. The number of benzene rings is 9. The first-order valence-corrected chi connectivity index (χ1v) is 30.6. The highest BCUT2D eigenvalue weighted by Gasteiger charge is 2.53. The van der Waals surface area contributed by atoms with Crippen molar-refractivity contribution in [1.29, 1.82) is 0 Å². The normalized spacial score (nSPS) is 18.9. The summed E-state index contributed by atoms with van der Waals surface area (Å²) in [6, 6.07) is 77.3. The van der Waals surface area contributed by atoms with Gasteiger partial charge in [0.25, 0.3) is 6.71 Å². The summed E-state index contributed by atoms with van der Waals surface area (Å²) in [6.07, 6.45) is 5.31. The van der Waals surface area contributed by atoms with Gasteiger partial charge in [-0.3, -0.25) is 0 Å².